The topological polar surface area (TPSA) is 38.4 Å². The van der Waals surface area contributed by atoms with Crippen molar-refractivity contribution in [3.63, 3.8) is 0 Å². The predicted octanol–water partition coefficient (Wildman–Crippen LogP) is 4.33. The maximum absolute atomic E-state index is 11.2. The molecule has 3 nitrogen and oxygen atoms in total. The minimum atomic E-state index is -0.586. The second kappa shape index (κ2) is 12.6. The van der Waals surface area contributed by atoms with Gasteiger partial charge < -0.3 is 9.47 Å². The van der Waals surface area contributed by atoms with Gasteiger partial charge in [0.15, 0.2) is 0 Å². The molecule has 0 bridgehead atoms. The third kappa shape index (κ3) is 9.73. The van der Waals surface area contributed by atoms with E-state index in [1.807, 2.05) is 0 Å². The fourth-order valence-corrected chi connectivity index (χ4v) is 2.64. The van der Waals surface area contributed by atoms with E-state index in [0.717, 1.165) is 19.4 Å². The Morgan fingerprint density at radius 2 is 1.50 bits per heavy atom. The van der Waals surface area contributed by atoms with Crippen molar-refractivity contribution < 1.29 is 14.6 Å². The highest BCUT2D eigenvalue weighted by atomic mass is 16.5. The van der Waals surface area contributed by atoms with Crippen LogP contribution < -0.4 is 0 Å². The van der Waals surface area contributed by atoms with Crippen molar-refractivity contribution in [2.45, 2.75) is 82.8 Å². The van der Waals surface area contributed by atoms with Gasteiger partial charge in [-0.1, -0.05) is 64.7 Å². The van der Waals surface area contributed by atoms with Gasteiger partial charge in [-0.25, -0.2) is 5.11 Å². The van der Waals surface area contributed by atoms with Crippen molar-refractivity contribution in [2.24, 2.45) is 0 Å². The van der Waals surface area contributed by atoms with Crippen LogP contribution in [0.25, 0.3) is 0 Å². The molecule has 1 heterocycles. The van der Waals surface area contributed by atoms with Gasteiger partial charge in [-0.3, -0.25) is 0 Å². The molecule has 0 aliphatic carbocycles. The molecule has 1 saturated heterocycles. The summed E-state index contributed by atoms with van der Waals surface area (Å²) in [7, 11) is 0. The summed E-state index contributed by atoms with van der Waals surface area (Å²) in [5.74, 6) is 0. The van der Waals surface area contributed by atoms with Gasteiger partial charge in [0.1, 0.15) is 6.10 Å². The van der Waals surface area contributed by atoms with Gasteiger partial charge in [0.25, 0.3) is 0 Å². The van der Waals surface area contributed by atoms with Crippen molar-refractivity contribution in [1.82, 2.24) is 0 Å². The first-order valence-electron chi connectivity index (χ1n) is 8.47. The minimum Gasteiger partial charge on any atom is -0.376 e. The Balaban J connectivity index is 1.76. The lowest BCUT2D eigenvalue weighted by Crippen LogP contribution is -2.34. The van der Waals surface area contributed by atoms with Crippen LogP contribution in [0.1, 0.15) is 70.6 Å². The lowest BCUT2D eigenvalue weighted by atomic mass is 10.1. The predicted molar refractivity (Wildman–Crippen MR) is 81.2 cm³/mol. The first-order chi connectivity index (χ1) is 9.83. The fourth-order valence-electron chi connectivity index (χ4n) is 2.64. The summed E-state index contributed by atoms with van der Waals surface area (Å²) >= 11 is 0. The molecule has 118 valence electrons. The Kier molecular flexibility index (Phi) is 11.3. The van der Waals surface area contributed by atoms with Crippen LogP contribution in [0, 0.1) is 6.92 Å². The maximum atomic E-state index is 11.2. The Hall–Kier alpha value is -0.120. The first kappa shape index (κ1) is 17.9. The monoisotopic (exact) mass is 284 g/mol. The first-order valence-corrected chi connectivity index (χ1v) is 8.47. The van der Waals surface area contributed by atoms with Crippen molar-refractivity contribution in [3.05, 3.63) is 6.92 Å². The summed E-state index contributed by atoms with van der Waals surface area (Å²) in [5, 5.41) is 11.2. The zero-order chi connectivity index (χ0) is 14.5. The van der Waals surface area contributed by atoms with E-state index in [1.54, 1.807) is 0 Å². The summed E-state index contributed by atoms with van der Waals surface area (Å²) in [6, 6.07) is 0. The largest absolute Gasteiger partial charge is 0.376 e. The summed E-state index contributed by atoms with van der Waals surface area (Å²) in [5.41, 5.74) is 0. The van der Waals surface area contributed by atoms with Crippen LogP contribution >= 0.6 is 0 Å². The molecule has 1 rings (SSSR count). The average Bonchev–Trinajstić information content (AvgIpc) is 2.45. The molecule has 2 unspecified atom stereocenters. The van der Waals surface area contributed by atoms with Crippen LogP contribution in [-0.2, 0) is 14.6 Å². The van der Waals surface area contributed by atoms with Crippen LogP contribution in [0.5, 0.6) is 0 Å². The molecule has 0 saturated carbocycles. The summed E-state index contributed by atoms with van der Waals surface area (Å²) in [4.78, 5) is 0. The second-order valence-corrected chi connectivity index (χ2v) is 5.92. The van der Waals surface area contributed by atoms with Gasteiger partial charge in [0, 0.05) is 13.0 Å². The standard InChI is InChI=1S/C17H32O3/c1-2-3-4-5-6-7-8-9-10-11-12-20-17-13-16(18)14-19-15-17/h16-17H,1-15H2. The van der Waals surface area contributed by atoms with E-state index in [9.17, 15) is 5.11 Å². The van der Waals surface area contributed by atoms with Gasteiger partial charge >= 0.3 is 0 Å². The zero-order valence-corrected chi connectivity index (χ0v) is 13.0. The zero-order valence-electron chi connectivity index (χ0n) is 13.0. The van der Waals surface area contributed by atoms with Crippen LogP contribution in [0.15, 0.2) is 0 Å². The third-order valence-electron chi connectivity index (χ3n) is 3.88. The Morgan fingerprint density at radius 3 is 2.10 bits per heavy atom. The van der Waals surface area contributed by atoms with Crippen molar-refractivity contribution in [2.75, 3.05) is 19.8 Å². The van der Waals surface area contributed by atoms with E-state index < -0.39 is 6.10 Å². The highest BCUT2D eigenvalue weighted by Gasteiger charge is 2.22. The molecule has 1 aliphatic heterocycles. The molecule has 1 fully saturated rings. The van der Waals surface area contributed by atoms with E-state index in [-0.39, 0.29) is 6.10 Å². The molecule has 0 aromatic rings. The van der Waals surface area contributed by atoms with Gasteiger partial charge in [0.05, 0.1) is 19.3 Å². The molecule has 1 aliphatic rings. The average molecular weight is 284 g/mol. The van der Waals surface area contributed by atoms with Gasteiger partial charge in [-0.05, 0) is 6.42 Å². The number of hydrogen-bond donors (Lipinski definition) is 0. The van der Waals surface area contributed by atoms with Crippen molar-refractivity contribution in [1.29, 1.82) is 0 Å². The Labute approximate surface area is 125 Å². The number of unbranched alkanes of at least 4 members (excludes halogenated alkanes) is 9. The highest BCUT2D eigenvalue weighted by Crippen LogP contribution is 2.13. The Bertz CT molecular complexity index is 208. The van der Waals surface area contributed by atoms with Crippen LogP contribution in [-0.4, -0.2) is 32.0 Å². The SMILES string of the molecule is [CH2]CCCCCCCCCCCOC1COCC([O])C1. The number of ether oxygens (including phenoxy) is 2. The minimum absolute atomic E-state index is 0.0410. The van der Waals surface area contributed by atoms with Crippen LogP contribution in [0.3, 0.4) is 0 Å². The molecule has 2 radical (unpaired) electrons. The summed E-state index contributed by atoms with van der Waals surface area (Å²) < 4.78 is 10.9. The highest BCUT2D eigenvalue weighted by molar-refractivity contribution is 4.69. The summed E-state index contributed by atoms with van der Waals surface area (Å²) in [6.45, 7) is 5.60. The molecular weight excluding hydrogens is 252 g/mol. The quantitative estimate of drug-likeness (QED) is 0.500. The molecule has 0 aromatic heterocycles. The van der Waals surface area contributed by atoms with E-state index in [2.05, 4.69) is 6.92 Å². The van der Waals surface area contributed by atoms with Gasteiger partial charge in [-0.2, -0.15) is 0 Å². The van der Waals surface area contributed by atoms with E-state index in [1.165, 1.54) is 51.4 Å². The smallest absolute Gasteiger partial charge is 0.119 e. The van der Waals surface area contributed by atoms with Crippen molar-refractivity contribution >= 4 is 0 Å². The summed E-state index contributed by atoms with van der Waals surface area (Å²) in [6.07, 6.45) is 12.9. The Morgan fingerprint density at radius 1 is 0.900 bits per heavy atom. The molecule has 2 atom stereocenters. The van der Waals surface area contributed by atoms with Crippen LogP contribution in [0.2, 0.25) is 0 Å². The fraction of sp³-hybridized carbons (Fsp3) is 0.941. The van der Waals surface area contributed by atoms with Crippen LogP contribution in [0.4, 0.5) is 0 Å². The molecule has 0 amide bonds. The second-order valence-electron chi connectivity index (χ2n) is 5.92. The normalized spacial score (nSPS) is 23.1. The van der Waals surface area contributed by atoms with Gasteiger partial charge in [-0.15, -0.1) is 0 Å². The maximum Gasteiger partial charge on any atom is 0.119 e. The lowest BCUT2D eigenvalue weighted by Gasteiger charge is -2.25. The van der Waals surface area contributed by atoms with E-state index in [4.69, 9.17) is 9.47 Å². The van der Waals surface area contributed by atoms with E-state index >= 15 is 0 Å². The van der Waals surface area contributed by atoms with Crippen molar-refractivity contribution in [3.8, 4) is 0 Å². The molecule has 3 heteroatoms. The van der Waals surface area contributed by atoms with Gasteiger partial charge in [0.2, 0.25) is 0 Å². The molecule has 0 spiro atoms. The molecule has 0 N–H and O–H groups in total. The molecule has 0 aromatic carbocycles. The van der Waals surface area contributed by atoms with E-state index in [0.29, 0.717) is 19.6 Å². The molecular formula is C17H32O3. The number of rotatable bonds is 12. The third-order valence-corrected chi connectivity index (χ3v) is 3.88. The molecule has 20 heavy (non-hydrogen) atoms. The lowest BCUT2D eigenvalue weighted by molar-refractivity contribution is -0.117. The number of hydrogen-bond acceptors (Lipinski definition) is 2.